The lowest BCUT2D eigenvalue weighted by Crippen LogP contribution is -2.51. The predicted octanol–water partition coefficient (Wildman–Crippen LogP) is 0.468. The minimum atomic E-state index is -0.507. The number of ether oxygens (including phenoxy) is 1. The number of carbonyl (C=O) groups excluding carboxylic acids is 2. The summed E-state index contributed by atoms with van der Waals surface area (Å²) in [5, 5.41) is 5.39. The molecule has 7 nitrogen and oxygen atoms in total. The molecular weight excluding hydrogens is 260 g/mol. The van der Waals surface area contributed by atoms with Crippen molar-refractivity contribution in [2.24, 2.45) is 0 Å². The van der Waals surface area contributed by atoms with E-state index in [0.29, 0.717) is 13.1 Å². The van der Waals surface area contributed by atoms with E-state index in [-0.39, 0.29) is 6.03 Å². The standard InChI is InChI=1S/C13H26N4O3/c1-13(2,3)20-12(19)15-6-5-14-11(18)17-9-7-16(4)8-10-17/h5-10H2,1-4H3,(H,14,18)(H,15,19). The first-order chi connectivity index (χ1) is 9.28. The molecule has 0 aliphatic carbocycles. The van der Waals surface area contributed by atoms with E-state index in [9.17, 15) is 9.59 Å². The van der Waals surface area contributed by atoms with E-state index >= 15 is 0 Å². The lowest BCUT2D eigenvalue weighted by molar-refractivity contribution is 0.0528. The maximum atomic E-state index is 11.8. The highest BCUT2D eigenvalue weighted by Gasteiger charge is 2.19. The van der Waals surface area contributed by atoms with Crippen LogP contribution < -0.4 is 10.6 Å². The molecule has 7 heteroatoms. The van der Waals surface area contributed by atoms with E-state index in [4.69, 9.17) is 4.74 Å². The molecule has 1 aliphatic rings. The normalized spacial score (nSPS) is 16.7. The maximum Gasteiger partial charge on any atom is 0.407 e. The van der Waals surface area contributed by atoms with Crippen molar-refractivity contribution in [2.75, 3.05) is 46.3 Å². The van der Waals surface area contributed by atoms with Gasteiger partial charge in [-0.15, -0.1) is 0 Å². The monoisotopic (exact) mass is 286 g/mol. The lowest BCUT2D eigenvalue weighted by atomic mass is 10.2. The van der Waals surface area contributed by atoms with Crippen LogP contribution in [0.1, 0.15) is 20.8 Å². The number of piperazine rings is 1. The third kappa shape index (κ3) is 6.60. The summed E-state index contributed by atoms with van der Waals surface area (Å²) in [6.07, 6.45) is -0.466. The van der Waals surface area contributed by atoms with Gasteiger partial charge in [-0.1, -0.05) is 0 Å². The second-order valence-electron chi connectivity index (χ2n) is 5.95. The summed E-state index contributed by atoms with van der Waals surface area (Å²) < 4.78 is 5.09. The molecule has 0 spiro atoms. The number of rotatable bonds is 3. The fourth-order valence-electron chi connectivity index (χ4n) is 1.77. The number of nitrogens with one attached hydrogen (secondary N) is 2. The summed E-state index contributed by atoms with van der Waals surface area (Å²) in [7, 11) is 2.04. The molecule has 1 fully saturated rings. The predicted molar refractivity (Wildman–Crippen MR) is 76.7 cm³/mol. The molecule has 1 saturated heterocycles. The Morgan fingerprint density at radius 3 is 2.15 bits per heavy atom. The molecule has 0 aromatic heterocycles. The maximum absolute atomic E-state index is 11.8. The van der Waals surface area contributed by atoms with Crippen molar-refractivity contribution < 1.29 is 14.3 Å². The molecule has 116 valence electrons. The number of hydrogen-bond donors (Lipinski definition) is 2. The smallest absolute Gasteiger partial charge is 0.407 e. The second kappa shape index (κ2) is 7.33. The summed E-state index contributed by atoms with van der Waals surface area (Å²) in [6.45, 7) is 9.43. The number of nitrogens with zero attached hydrogens (tertiary/aromatic N) is 2. The van der Waals surface area contributed by atoms with Crippen LogP contribution in [0.15, 0.2) is 0 Å². The van der Waals surface area contributed by atoms with Crippen LogP contribution in [0.5, 0.6) is 0 Å². The van der Waals surface area contributed by atoms with Crippen LogP contribution in [0.2, 0.25) is 0 Å². The Morgan fingerprint density at radius 1 is 1.05 bits per heavy atom. The van der Waals surface area contributed by atoms with Gasteiger partial charge in [-0.05, 0) is 27.8 Å². The van der Waals surface area contributed by atoms with E-state index in [1.807, 2.05) is 27.8 Å². The topological polar surface area (TPSA) is 73.9 Å². The molecule has 3 amide bonds. The van der Waals surface area contributed by atoms with Crippen LogP contribution in [-0.2, 0) is 4.74 Å². The van der Waals surface area contributed by atoms with Gasteiger partial charge in [0.1, 0.15) is 5.60 Å². The first kappa shape index (κ1) is 16.6. The molecule has 2 N–H and O–H groups in total. The quantitative estimate of drug-likeness (QED) is 0.740. The van der Waals surface area contributed by atoms with Gasteiger partial charge < -0.3 is 25.2 Å². The van der Waals surface area contributed by atoms with Crippen LogP contribution in [0.4, 0.5) is 9.59 Å². The van der Waals surface area contributed by atoms with Gasteiger partial charge >= 0.3 is 12.1 Å². The van der Waals surface area contributed by atoms with Crippen LogP contribution >= 0.6 is 0 Å². The third-order valence-corrected chi connectivity index (χ3v) is 2.86. The number of alkyl carbamates (subject to hydrolysis) is 1. The van der Waals surface area contributed by atoms with Crippen molar-refractivity contribution in [1.29, 1.82) is 0 Å². The van der Waals surface area contributed by atoms with Crippen LogP contribution in [0.3, 0.4) is 0 Å². The number of carbonyl (C=O) groups is 2. The average molecular weight is 286 g/mol. The van der Waals surface area contributed by atoms with Gasteiger partial charge in [0, 0.05) is 39.3 Å². The number of hydrogen-bond acceptors (Lipinski definition) is 4. The molecule has 0 saturated carbocycles. The molecule has 0 unspecified atom stereocenters. The minimum Gasteiger partial charge on any atom is -0.444 e. The first-order valence-corrected chi connectivity index (χ1v) is 6.96. The van der Waals surface area contributed by atoms with Gasteiger partial charge in [0.25, 0.3) is 0 Å². The Kier molecular flexibility index (Phi) is 6.06. The lowest BCUT2D eigenvalue weighted by Gasteiger charge is -2.32. The Hall–Kier alpha value is -1.50. The van der Waals surface area contributed by atoms with Crippen molar-refractivity contribution >= 4 is 12.1 Å². The molecule has 1 rings (SSSR count). The third-order valence-electron chi connectivity index (χ3n) is 2.86. The van der Waals surface area contributed by atoms with Crippen molar-refractivity contribution in [3.63, 3.8) is 0 Å². The van der Waals surface area contributed by atoms with E-state index in [1.54, 1.807) is 4.90 Å². The van der Waals surface area contributed by atoms with Crippen molar-refractivity contribution in [3.8, 4) is 0 Å². The summed E-state index contributed by atoms with van der Waals surface area (Å²) in [6, 6.07) is -0.0795. The average Bonchev–Trinajstić information content (AvgIpc) is 2.33. The summed E-state index contributed by atoms with van der Waals surface area (Å²) in [5.74, 6) is 0. The SMILES string of the molecule is CN1CCN(C(=O)NCCNC(=O)OC(C)(C)C)CC1. The van der Waals surface area contributed by atoms with E-state index in [1.165, 1.54) is 0 Å². The van der Waals surface area contributed by atoms with Gasteiger partial charge in [-0.3, -0.25) is 0 Å². The molecule has 0 radical (unpaired) electrons. The van der Waals surface area contributed by atoms with E-state index in [0.717, 1.165) is 26.2 Å². The van der Waals surface area contributed by atoms with Gasteiger partial charge in [0.2, 0.25) is 0 Å². The summed E-state index contributed by atoms with van der Waals surface area (Å²) in [5.41, 5.74) is -0.507. The van der Waals surface area contributed by atoms with Crippen molar-refractivity contribution in [1.82, 2.24) is 20.4 Å². The van der Waals surface area contributed by atoms with E-state index < -0.39 is 11.7 Å². The van der Waals surface area contributed by atoms with Crippen LogP contribution in [-0.4, -0.2) is 73.8 Å². The molecule has 0 bridgehead atoms. The second-order valence-corrected chi connectivity index (χ2v) is 5.95. The molecular formula is C13H26N4O3. The molecule has 0 aromatic rings. The van der Waals surface area contributed by atoms with Crippen LogP contribution in [0.25, 0.3) is 0 Å². The molecule has 20 heavy (non-hydrogen) atoms. The highest BCUT2D eigenvalue weighted by molar-refractivity contribution is 5.74. The zero-order valence-electron chi connectivity index (χ0n) is 12.9. The van der Waals surface area contributed by atoms with Gasteiger partial charge in [-0.2, -0.15) is 0 Å². The summed E-state index contributed by atoms with van der Waals surface area (Å²) >= 11 is 0. The Labute approximate surface area is 120 Å². The fraction of sp³-hybridized carbons (Fsp3) is 0.846. The van der Waals surface area contributed by atoms with E-state index in [2.05, 4.69) is 15.5 Å². The van der Waals surface area contributed by atoms with Gasteiger partial charge in [0.15, 0.2) is 0 Å². The molecule has 1 aliphatic heterocycles. The van der Waals surface area contributed by atoms with Gasteiger partial charge in [0.05, 0.1) is 0 Å². The van der Waals surface area contributed by atoms with Crippen LogP contribution in [0, 0.1) is 0 Å². The number of likely N-dealkylation sites (N-methyl/N-ethyl adjacent to an activating group) is 1. The number of amides is 3. The highest BCUT2D eigenvalue weighted by Crippen LogP contribution is 2.06. The Balaban J connectivity index is 2.12. The molecule has 0 atom stereocenters. The largest absolute Gasteiger partial charge is 0.444 e. The Morgan fingerprint density at radius 2 is 1.60 bits per heavy atom. The zero-order chi connectivity index (χ0) is 15.2. The number of urea groups is 1. The Bertz CT molecular complexity index is 333. The first-order valence-electron chi connectivity index (χ1n) is 6.96. The van der Waals surface area contributed by atoms with Gasteiger partial charge in [-0.25, -0.2) is 9.59 Å². The minimum absolute atomic E-state index is 0.0795. The molecule has 0 aromatic carbocycles. The van der Waals surface area contributed by atoms with Crippen molar-refractivity contribution in [3.05, 3.63) is 0 Å². The zero-order valence-corrected chi connectivity index (χ0v) is 12.9. The fourth-order valence-corrected chi connectivity index (χ4v) is 1.77. The van der Waals surface area contributed by atoms with Crippen molar-refractivity contribution in [2.45, 2.75) is 26.4 Å². The highest BCUT2D eigenvalue weighted by atomic mass is 16.6. The molecule has 1 heterocycles. The summed E-state index contributed by atoms with van der Waals surface area (Å²) in [4.78, 5) is 27.2.